The normalized spacial score (nSPS) is 13.0. The maximum Gasteiger partial charge on any atom is -0.0160 e. The molecule has 0 saturated carbocycles. The average Bonchev–Trinajstić information content (AvgIpc) is 1.56. The van der Waals surface area contributed by atoms with E-state index in [1.54, 1.807) is 0 Å². The van der Waals surface area contributed by atoms with Gasteiger partial charge in [-0.05, 0) is 16.2 Å². The van der Waals surface area contributed by atoms with Crippen LogP contribution in [0.1, 0.15) is 41.5 Å². The van der Waals surface area contributed by atoms with Crippen molar-refractivity contribution in [3.8, 4) is 0 Å². The molecule has 0 unspecified atom stereocenters. The second-order valence-electron chi connectivity index (χ2n) is 5.04. The van der Waals surface area contributed by atoms with Gasteiger partial charge in [-0.25, -0.2) is 0 Å². The Kier molecular flexibility index (Phi) is 3.25. The van der Waals surface area contributed by atoms with E-state index in [0.717, 1.165) is 0 Å². The molecule has 0 aromatic heterocycles. The minimum Gasteiger partial charge on any atom is -0.151 e. The first kappa shape index (κ1) is 11.1. The number of hydrogen-bond donors (Lipinski definition) is 1. The summed E-state index contributed by atoms with van der Waals surface area (Å²) in [6.07, 6.45) is 0. The van der Waals surface area contributed by atoms with Crippen LogP contribution < -0.4 is 0 Å². The van der Waals surface area contributed by atoms with Gasteiger partial charge in [-0.3, -0.25) is 0 Å². The second-order valence-corrected chi connectivity index (χ2v) is 5.30. The summed E-state index contributed by atoms with van der Waals surface area (Å²) in [7, 11) is 0. The predicted molar refractivity (Wildman–Crippen MR) is 56.0 cm³/mol. The van der Waals surface area contributed by atoms with Gasteiger partial charge in [-0.1, -0.05) is 47.1 Å². The highest BCUT2D eigenvalue weighted by Crippen LogP contribution is 2.39. The molecule has 0 saturated heterocycles. The van der Waals surface area contributed by atoms with Gasteiger partial charge in [0.25, 0.3) is 0 Å². The van der Waals surface area contributed by atoms with Crippen molar-refractivity contribution in [3.05, 3.63) is 11.0 Å². The molecular weight excluding hydrogens is 152 g/mol. The molecule has 0 aromatic carbocycles. The SMILES string of the molecule is CC(C)(C)C(=CS)C(C)(C)C. The first-order valence-electron chi connectivity index (χ1n) is 4.05. The third-order valence-electron chi connectivity index (χ3n) is 1.75. The van der Waals surface area contributed by atoms with Crippen LogP contribution in [0.3, 0.4) is 0 Å². The fourth-order valence-corrected chi connectivity index (χ4v) is 2.29. The van der Waals surface area contributed by atoms with E-state index in [9.17, 15) is 0 Å². The Labute approximate surface area is 76.5 Å². The van der Waals surface area contributed by atoms with Gasteiger partial charge in [0.2, 0.25) is 0 Å². The van der Waals surface area contributed by atoms with Gasteiger partial charge in [0.05, 0.1) is 0 Å². The van der Waals surface area contributed by atoms with Gasteiger partial charge in [0, 0.05) is 0 Å². The number of thiol groups is 1. The van der Waals surface area contributed by atoms with E-state index in [0.29, 0.717) is 0 Å². The lowest BCUT2D eigenvalue weighted by Gasteiger charge is -2.33. The van der Waals surface area contributed by atoms with Crippen LogP contribution in [0.4, 0.5) is 0 Å². The maximum atomic E-state index is 4.24. The summed E-state index contributed by atoms with van der Waals surface area (Å²) in [5, 5.41) is 1.94. The van der Waals surface area contributed by atoms with Crippen LogP contribution in [0.25, 0.3) is 0 Å². The maximum absolute atomic E-state index is 4.24. The molecule has 0 aromatic rings. The predicted octanol–water partition coefficient (Wildman–Crippen LogP) is 3.89. The quantitative estimate of drug-likeness (QED) is 0.526. The fraction of sp³-hybridized carbons (Fsp3) is 0.800. The largest absolute Gasteiger partial charge is 0.151 e. The Morgan fingerprint density at radius 2 is 1.18 bits per heavy atom. The van der Waals surface area contributed by atoms with Crippen molar-refractivity contribution in [2.75, 3.05) is 0 Å². The van der Waals surface area contributed by atoms with Crippen LogP contribution in [0.15, 0.2) is 11.0 Å². The topological polar surface area (TPSA) is 0 Å². The van der Waals surface area contributed by atoms with E-state index in [1.165, 1.54) is 5.57 Å². The number of allylic oxidation sites excluding steroid dienone is 1. The van der Waals surface area contributed by atoms with Crippen LogP contribution in [0.5, 0.6) is 0 Å². The molecule has 11 heavy (non-hydrogen) atoms. The van der Waals surface area contributed by atoms with Gasteiger partial charge in [0.15, 0.2) is 0 Å². The molecule has 1 heteroatoms. The second kappa shape index (κ2) is 3.22. The highest BCUT2D eigenvalue weighted by Gasteiger charge is 2.26. The van der Waals surface area contributed by atoms with Gasteiger partial charge < -0.3 is 0 Å². The molecule has 0 bridgehead atoms. The lowest BCUT2D eigenvalue weighted by atomic mass is 9.73. The van der Waals surface area contributed by atoms with Crippen molar-refractivity contribution >= 4 is 12.6 Å². The zero-order valence-electron chi connectivity index (χ0n) is 8.52. The Balaban J connectivity index is 4.74. The third-order valence-corrected chi connectivity index (χ3v) is 2.00. The Bertz CT molecular complexity index is 137. The standard InChI is InChI=1S/C10H20S/c1-9(2,3)8(7-11)10(4,5)6/h7,11H,1-6H3. The Morgan fingerprint density at radius 1 is 0.909 bits per heavy atom. The molecule has 0 heterocycles. The van der Waals surface area contributed by atoms with Crippen LogP contribution >= 0.6 is 12.6 Å². The summed E-state index contributed by atoms with van der Waals surface area (Å²) in [4.78, 5) is 0. The van der Waals surface area contributed by atoms with Gasteiger partial charge >= 0.3 is 0 Å². The van der Waals surface area contributed by atoms with E-state index in [4.69, 9.17) is 0 Å². The van der Waals surface area contributed by atoms with Crippen LogP contribution in [0.2, 0.25) is 0 Å². The van der Waals surface area contributed by atoms with Gasteiger partial charge in [0.1, 0.15) is 0 Å². The zero-order chi connectivity index (χ0) is 9.28. The van der Waals surface area contributed by atoms with E-state index < -0.39 is 0 Å². The fourth-order valence-electron chi connectivity index (χ4n) is 1.51. The molecular formula is C10H20S. The summed E-state index contributed by atoms with van der Waals surface area (Å²) in [5.41, 5.74) is 1.87. The van der Waals surface area contributed by atoms with E-state index in [2.05, 4.69) is 54.2 Å². The summed E-state index contributed by atoms with van der Waals surface area (Å²) in [6.45, 7) is 13.3. The van der Waals surface area contributed by atoms with Crippen LogP contribution in [0, 0.1) is 10.8 Å². The van der Waals surface area contributed by atoms with Crippen molar-refractivity contribution in [1.29, 1.82) is 0 Å². The molecule has 0 aliphatic carbocycles. The lowest BCUT2D eigenvalue weighted by molar-refractivity contribution is 0.364. The van der Waals surface area contributed by atoms with Gasteiger partial charge in [-0.2, -0.15) is 12.6 Å². The molecule has 0 amide bonds. The molecule has 0 aliphatic rings. The number of hydrogen-bond acceptors (Lipinski definition) is 1. The molecule has 0 atom stereocenters. The van der Waals surface area contributed by atoms with Crippen molar-refractivity contribution in [2.24, 2.45) is 10.8 Å². The van der Waals surface area contributed by atoms with Crippen molar-refractivity contribution < 1.29 is 0 Å². The molecule has 0 aliphatic heterocycles. The van der Waals surface area contributed by atoms with Gasteiger partial charge in [-0.15, -0.1) is 0 Å². The molecule has 66 valence electrons. The van der Waals surface area contributed by atoms with Crippen molar-refractivity contribution in [1.82, 2.24) is 0 Å². The highest BCUT2D eigenvalue weighted by molar-refractivity contribution is 7.83. The lowest BCUT2D eigenvalue weighted by Crippen LogP contribution is -2.21. The van der Waals surface area contributed by atoms with E-state index >= 15 is 0 Å². The first-order valence-corrected chi connectivity index (χ1v) is 4.56. The summed E-state index contributed by atoms with van der Waals surface area (Å²) in [6, 6.07) is 0. The molecule has 0 nitrogen and oxygen atoms in total. The smallest absolute Gasteiger partial charge is 0.0160 e. The minimum atomic E-state index is 0.236. The zero-order valence-corrected chi connectivity index (χ0v) is 9.42. The van der Waals surface area contributed by atoms with E-state index in [1.807, 2.05) is 5.41 Å². The Hall–Kier alpha value is 0.0900. The first-order chi connectivity index (χ1) is 4.69. The summed E-state index contributed by atoms with van der Waals surface area (Å²) in [5.74, 6) is 0. The molecule has 0 spiro atoms. The third kappa shape index (κ3) is 3.33. The van der Waals surface area contributed by atoms with Crippen molar-refractivity contribution in [2.45, 2.75) is 41.5 Å². The van der Waals surface area contributed by atoms with Crippen molar-refractivity contribution in [3.63, 3.8) is 0 Å². The summed E-state index contributed by atoms with van der Waals surface area (Å²) < 4.78 is 0. The monoisotopic (exact) mass is 172 g/mol. The molecule has 0 fully saturated rings. The molecule has 0 N–H and O–H groups in total. The van der Waals surface area contributed by atoms with Crippen LogP contribution in [-0.4, -0.2) is 0 Å². The van der Waals surface area contributed by atoms with E-state index in [-0.39, 0.29) is 10.8 Å². The number of rotatable bonds is 0. The molecule has 0 rings (SSSR count). The Morgan fingerprint density at radius 3 is 1.18 bits per heavy atom. The van der Waals surface area contributed by atoms with Crippen LogP contribution in [-0.2, 0) is 0 Å². The molecule has 0 radical (unpaired) electrons. The minimum absolute atomic E-state index is 0.236. The summed E-state index contributed by atoms with van der Waals surface area (Å²) >= 11 is 4.24. The highest BCUT2D eigenvalue weighted by atomic mass is 32.1. The average molecular weight is 172 g/mol.